The third-order valence-electron chi connectivity index (χ3n) is 3.20. The van der Waals surface area contributed by atoms with Gasteiger partial charge in [0.2, 0.25) is 0 Å². The fourth-order valence-corrected chi connectivity index (χ4v) is 2.39. The molecule has 0 saturated carbocycles. The Morgan fingerprint density at radius 3 is 2.94 bits per heavy atom. The van der Waals surface area contributed by atoms with Crippen molar-refractivity contribution in [3.8, 4) is 0 Å². The van der Waals surface area contributed by atoms with Gasteiger partial charge in [-0.25, -0.2) is 0 Å². The van der Waals surface area contributed by atoms with Gasteiger partial charge in [0, 0.05) is 16.6 Å². The first-order chi connectivity index (χ1) is 8.70. The molecule has 0 amide bonds. The third-order valence-corrected chi connectivity index (χ3v) is 3.48. The molecule has 0 fully saturated rings. The van der Waals surface area contributed by atoms with Crippen molar-refractivity contribution >= 4 is 23.8 Å². The van der Waals surface area contributed by atoms with Gasteiger partial charge >= 0.3 is 0 Å². The van der Waals surface area contributed by atoms with Crippen molar-refractivity contribution in [1.29, 1.82) is 0 Å². The average Bonchev–Trinajstić information content (AvgIpc) is 2.79. The molecule has 18 heavy (non-hydrogen) atoms. The number of H-pyrrole nitrogens is 1. The van der Waals surface area contributed by atoms with Crippen LogP contribution in [0, 0.1) is 5.92 Å². The summed E-state index contributed by atoms with van der Waals surface area (Å²) in [6.45, 7) is 4.24. The summed E-state index contributed by atoms with van der Waals surface area (Å²) in [4.78, 5) is 3.22. The van der Waals surface area contributed by atoms with Crippen LogP contribution in [0.5, 0.6) is 0 Å². The Hall–Kier alpha value is -1.47. The highest BCUT2D eigenvalue weighted by Crippen LogP contribution is 2.27. The van der Waals surface area contributed by atoms with E-state index in [4.69, 9.17) is 11.6 Å². The number of halogens is 1. The molecule has 2 heteroatoms. The second-order valence-corrected chi connectivity index (χ2v) is 5.03. The second kappa shape index (κ2) is 5.92. The van der Waals surface area contributed by atoms with Gasteiger partial charge in [-0.1, -0.05) is 42.8 Å². The smallest absolute Gasteiger partial charge is 0.0450 e. The van der Waals surface area contributed by atoms with Gasteiger partial charge in [0.25, 0.3) is 0 Å². The van der Waals surface area contributed by atoms with Crippen molar-refractivity contribution in [2.45, 2.75) is 20.3 Å². The van der Waals surface area contributed by atoms with Crippen LogP contribution in [0.25, 0.3) is 12.2 Å². The summed E-state index contributed by atoms with van der Waals surface area (Å²) in [5, 5.41) is 3.32. The summed E-state index contributed by atoms with van der Waals surface area (Å²) >= 11 is 6.01. The van der Waals surface area contributed by atoms with Crippen LogP contribution in [-0.4, -0.2) is 4.98 Å². The van der Waals surface area contributed by atoms with E-state index < -0.39 is 0 Å². The normalized spacial score (nSPS) is 22.5. The Kier molecular flexibility index (Phi) is 4.27. The molecule has 0 radical (unpaired) electrons. The number of aromatic nitrogens is 1. The first kappa shape index (κ1) is 13.0. The molecular formula is C16H18ClN. The van der Waals surface area contributed by atoms with Crippen molar-refractivity contribution in [3.63, 3.8) is 0 Å². The van der Waals surface area contributed by atoms with E-state index in [1.165, 1.54) is 10.8 Å². The molecule has 1 aromatic rings. The fourth-order valence-electron chi connectivity index (χ4n) is 2.09. The molecule has 1 N–H and O–H groups in total. The van der Waals surface area contributed by atoms with Crippen LogP contribution in [-0.2, 0) is 0 Å². The van der Waals surface area contributed by atoms with Gasteiger partial charge in [-0.05, 0) is 48.3 Å². The Bertz CT molecular complexity index is 614. The maximum atomic E-state index is 6.01. The van der Waals surface area contributed by atoms with E-state index >= 15 is 0 Å². The van der Waals surface area contributed by atoms with Gasteiger partial charge in [-0.15, -0.1) is 0 Å². The lowest BCUT2D eigenvalue weighted by Gasteiger charge is -2.15. The van der Waals surface area contributed by atoms with Crippen molar-refractivity contribution in [1.82, 2.24) is 4.98 Å². The number of aromatic amines is 1. The molecule has 0 aliphatic heterocycles. The van der Waals surface area contributed by atoms with Crippen LogP contribution in [0.3, 0.4) is 0 Å². The predicted molar refractivity (Wildman–Crippen MR) is 79.6 cm³/mol. The second-order valence-electron chi connectivity index (χ2n) is 4.55. The van der Waals surface area contributed by atoms with E-state index in [9.17, 15) is 0 Å². The van der Waals surface area contributed by atoms with E-state index in [-0.39, 0.29) is 0 Å². The van der Waals surface area contributed by atoms with Crippen LogP contribution in [0.1, 0.15) is 20.3 Å². The van der Waals surface area contributed by atoms with E-state index in [1.54, 1.807) is 0 Å². The van der Waals surface area contributed by atoms with Gasteiger partial charge in [0.15, 0.2) is 0 Å². The molecule has 2 rings (SSSR count). The van der Waals surface area contributed by atoms with Crippen LogP contribution >= 0.6 is 11.6 Å². The summed E-state index contributed by atoms with van der Waals surface area (Å²) in [6, 6.07) is 2.07. The molecule has 0 bridgehead atoms. The molecule has 0 aromatic carbocycles. The molecule has 94 valence electrons. The fraction of sp³-hybridized carbons (Fsp3) is 0.250. The Morgan fingerprint density at radius 2 is 2.22 bits per heavy atom. The highest BCUT2D eigenvalue weighted by molar-refractivity contribution is 6.29. The van der Waals surface area contributed by atoms with Crippen LogP contribution in [0.15, 0.2) is 47.2 Å². The first-order valence-electron chi connectivity index (χ1n) is 6.25. The quantitative estimate of drug-likeness (QED) is 0.839. The molecule has 1 aliphatic carbocycles. The van der Waals surface area contributed by atoms with E-state index in [1.807, 2.05) is 19.2 Å². The summed E-state index contributed by atoms with van der Waals surface area (Å²) in [5.41, 5.74) is 1.32. The number of rotatable bonds is 2. The minimum Gasteiger partial charge on any atom is -0.361 e. The van der Waals surface area contributed by atoms with E-state index in [0.717, 1.165) is 16.8 Å². The number of allylic oxidation sites excluding steroid dienone is 6. The van der Waals surface area contributed by atoms with Gasteiger partial charge in [0.1, 0.15) is 0 Å². The third kappa shape index (κ3) is 3.05. The zero-order valence-electron chi connectivity index (χ0n) is 10.8. The Labute approximate surface area is 113 Å². The lowest BCUT2D eigenvalue weighted by atomic mass is 9.93. The molecule has 1 unspecified atom stereocenters. The van der Waals surface area contributed by atoms with Crippen LogP contribution < -0.4 is 10.6 Å². The maximum absolute atomic E-state index is 6.01. The molecule has 1 nitrogen and oxygen atoms in total. The molecule has 0 spiro atoms. The minimum absolute atomic E-state index is 0.494. The molecule has 1 heterocycles. The minimum atomic E-state index is 0.494. The molecule has 0 saturated heterocycles. The van der Waals surface area contributed by atoms with Gasteiger partial charge < -0.3 is 4.98 Å². The molecule has 1 aliphatic rings. The summed E-state index contributed by atoms with van der Waals surface area (Å²) in [6.07, 6.45) is 15.4. The lowest BCUT2D eigenvalue weighted by molar-refractivity contribution is 0.696. The standard InChI is InChI=1S/C16H18ClN/c1-3-13-9-10-18-16(13)6-4-5-14-7-8-15(17)11-12(14)2/h3-10,12,18H,11H2,1-2H3/b5-4+,13-3-,16-6+. The van der Waals surface area contributed by atoms with Crippen molar-refractivity contribution in [3.05, 3.63) is 57.7 Å². The van der Waals surface area contributed by atoms with Gasteiger partial charge in [0.05, 0.1) is 0 Å². The van der Waals surface area contributed by atoms with Crippen molar-refractivity contribution < 1.29 is 0 Å². The van der Waals surface area contributed by atoms with Crippen molar-refractivity contribution in [2.24, 2.45) is 5.92 Å². The molecule has 1 aromatic heterocycles. The zero-order valence-corrected chi connectivity index (χ0v) is 11.5. The van der Waals surface area contributed by atoms with E-state index in [0.29, 0.717) is 5.92 Å². The van der Waals surface area contributed by atoms with Crippen molar-refractivity contribution in [2.75, 3.05) is 0 Å². The first-order valence-corrected chi connectivity index (χ1v) is 6.63. The largest absolute Gasteiger partial charge is 0.361 e. The SMILES string of the molecule is C/C=c1/cc[nH]/c1=C/C=C/C1=CC=C(Cl)CC1C. The maximum Gasteiger partial charge on any atom is 0.0450 e. The number of hydrogen-bond donors (Lipinski definition) is 1. The lowest BCUT2D eigenvalue weighted by Crippen LogP contribution is -2.20. The summed E-state index contributed by atoms with van der Waals surface area (Å²) in [5.74, 6) is 0.494. The summed E-state index contributed by atoms with van der Waals surface area (Å²) in [7, 11) is 0. The number of hydrogen-bond acceptors (Lipinski definition) is 0. The summed E-state index contributed by atoms with van der Waals surface area (Å²) < 4.78 is 0. The van der Waals surface area contributed by atoms with E-state index in [2.05, 4.69) is 48.4 Å². The van der Waals surface area contributed by atoms with Gasteiger partial charge in [-0.2, -0.15) is 0 Å². The molecular weight excluding hydrogens is 242 g/mol. The zero-order chi connectivity index (χ0) is 13.0. The predicted octanol–water partition coefficient (Wildman–Crippen LogP) is 3.24. The Morgan fingerprint density at radius 1 is 1.39 bits per heavy atom. The molecule has 1 atom stereocenters. The van der Waals surface area contributed by atoms with Gasteiger partial charge in [-0.3, -0.25) is 0 Å². The monoisotopic (exact) mass is 259 g/mol. The number of nitrogens with one attached hydrogen (secondary N) is 1. The van der Waals surface area contributed by atoms with Crippen LogP contribution in [0.4, 0.5) is 0 Å². The topological polar surface area (TPSA) is 15.8 Å². The highest BCUT2D eigenvalue weighted by Gasteiger charge is 2.10. The Balaban J connectivity index is 2.21. The average molecular weight is 260 g/mol. The highest BCUT2D eigenvalue weighted by atomic mass is 35.5. The van der Waals surface area contributed by atoms with Crippen LogP contribution in [0.2, 0.25) is 0 Å².